The van der Waals surface area contributed by atoms with E-state index in [1.807, 2.05) is 0 Å². The van der Waals surface area contributed by atoms with Crippen LogP contribution >= 0.6 is 0 Å². The SMILES string of the molecule is O=C(O)CC(NC(=O)CNC(=O)c1cccc(NC2=NCC(O)CN2)c1)c1ccccc1. The summed E-state index contributed by atoms with van der Waals surface area (Å²) in [6, 6.07) is 14.7. The predicted molar refractivity (Wildman–Crippen MR) is 118 cm³/mol. The van der Waals surface area contributed by atoms with Gasteiger partial charge in [-0.05, 0) is 23.8 Å². The second kappa shape index (κ2) is 10.9. The van der Waals surface area contributed by atoms with E-state index in [4.69, 9.17) is 5.11 Å². The van der Waals surface area contributed by atoms with Gasteiger partial charge in [0.2, 0.25) is 5.91 Å². The quantitative estimate of drug-likeness (QED) is 0.350. The number of aliphatic hydroxyl groups is 1. The van der Waals surface area contributed by atoms with E-state index >= 15 is 0 Å². The lowest BCUT2D eigenvalue weighted by Gasteiger charge is -2.20. The number of aliphatic imine (C=N–C) groups is 1. The number of aliphatic hydroxyl groups excluding tert-OH is 1. The van der Waals surface area contributed by atoms with Crippen LogP contribution in [-0.4, -0.2) is 59.7 Å². The molecule has 1 heterocycles. The Balaban J connectivity index is 1.55. The van der Waals surface area contributed by atoms with E-state index in [9.17, 15) is 19.5 Å². The van der Waals surface area contributed by atoms with Crippen molar-refractivity contribution in [3.05, 3.63) is 65.7 Å². The number of guanidine groups is 1. The summed E-state index contributed by atoms with van der Waals surface area (Å²) in [5.41, 5.74) is 1.62. The maximum atomic E-state index is 12.5. The van der Waals surface area contributed by atoms with Crippen LogP contribution in [0.2, 0.25) is 0 Å². The van der Waals surface area contributed by atoms with Gasteiger partial charge in [0.1, 0.15) is 0 Å². The van der Waals surface area contributed by atoms with Crippen LogP contribution in [0.25, 0.3) is 0 Å². The number of aliphatic carboxylic acids is 1. The third-order valence-corrected chi connectivity index (χ3v) is 4.68. The van der Waals surface area contributed by atoms with Crippen molar-refractivity contribution < 1.29 is 24.6 Å². The monoisotopic (exact) mass is 439 g/mol. The van der Waals surface area contributed by atoms with Crippen molar-refractivity contribution in [2.75, 3.05) is 25.0 Å². The van der Waals surface area contributed by atoms with Crippen LogP contribution in [0.1, 0.15) is 28.4 Å². The molecule has 0 fully saturated rings. The molecule has 1 aliphatic heterocycles. The fraction of sp³-hybridized carbons (Fsp3) is 0.273. The number of carbonyl (C=O) groups is 3. The Hall–Kier alpha value is -3.92. The standard InChI is InChI=1S/C22H25N5O5/c28-17-11-24-22(25-12-17)26-16-8-4-7-15(9-16)21(32)23-13-19(29)27-18(10-20(30)31)14-5-2-1-3-6-14/h1-9,17-18,28H,10-13H2,(H,23,32)(H,27,29)(H,30,31)(H2,24,25,26). The van der Waals surface area contributed by atoms with E-state index in [1.54, 1.807) is 54.6 Å². The Morgan fingerprint density at radius 3 is 2.59 bits per heavy atom. The molecule has 2 aromatic carbocycles. The highest BCUT2D eigenvalue weighted by atomic mass is 16.4. The number of carbonyl (C=O) groups excluding carboxylic acids is 2. The van der Waals surface area contributed by atoms with Crippen LogP contribution in [0.15, 0.2) is 59.6 Å². The van der Waals surface area contributed by atoms with Crippen molar-refractivity contribution in [3.63, 3.8) is 0 Å². The summed E-state index contributed by atoms with van der Waals surface area (Å²) in [6.07, 6.45) is -0.799. The van der Waals surface area contributed by atoms with E-state index in [2.05, 4.69) is 26.3 Å². The summed E-state index contributed by atoms with van der Waals surface area (Å²) in [4.78, 5) is 40.1. The Labute approximate surface area is 184 Å². The van der Waals surface area contributed by atoms with Crippen molar-refractivity contribution >= 4 is 29.4 Å². The van der Waals surface area contributed by atoms with Gasteiger partial charge in [0.15, 0.2) is 5.96 Å². The molecule has 0 aliphatic carbocycles. The molecule has 0 saturated carbocycles. The summed E-state index contributed by atoms with van der Waals surface area (Å²) < 4.78 is 0. The molecule has 2 aromatic rings. The van der Waals surface area contributed by atoms with Crippen molar-refractivity contribution in [1.82, 2.24) is 16.0 Å². The van der Waals surface area contributed by atoms with Gasteiger partial charge in [-0.2, -0.15) is 0 Å². The third kappa shape index (κ3) is 6.81. The zero-order chi connectivity index (χ0) is 22.9. The lowest BCUT2D eigenvalue weighted by atomic mass is 10.0. The van der Waals surface area contributed by atoms with Crippen LogP contribution in [0.5, 0.6) is 0 Å². The van der Waals surface area contributed by atoms with Crippen LogP contribution < -0.4 is 21.3 Å². The Kier molecular flexibility index (Phi) is 7.76. The first kappa shape index (κ1) is 22.8. The molecule has 2 unspecified atom stereocenters. The van der Waals surface area contributed by atoms with Gasteiger partial charge in [-0.15, -0.1) is 0 Å². The average molecular weight is 439 g/mol. The molecular formula is C22H25N5O5. The summed E-state index contributed by atoms with van der Waals surface area (Å²) in [7, 11) is 0. The number of anilines is 1. The molecule has 6 N–H and O–H groups in total. The molecule has 2 amide bonds. The number of β-amino-alcohol motifs (C(OH)–C–C–N with tert-alkyl or cyclic N) is 1. The van der Waals surface area contributed by atoms with E-state index < -0.39 is 29.9 Å². The molecule has 0 saturated heterocycles. The topological polar surface area (TPSA) is 152 Å². The molecule has 2 atom stereocenters. The number of benzene rings is 2. The molecule has 10 nitrogen and oxygen atoms in total. The first-order valence-electron chi connectivity index (χ1n) is 10.1. The van der Waals surface area contributed by atoms with Crippen LogP contribution in [-0.2, 0) is 9.59 Å². The van der Waals surface area contributed by atoms with E-state index in [0.29, 0.717) is 29.3 Å². The molecule has 0 spiro atoms. The lowest BCUT2D eigenvalue weighted by Crippen LogP contribution is -2.42. The summed E-state index contributed by atoms with van der Waals surface area (Å²) >= 11 is 0. The van der Waals surface area contributed by atoms with Crippen molar-refractivity contribution in [1.29, 1.82) is 0 Å². The minimum absolute atomic E-state index is 0.271. The summed E-state index contributed by atoms with van der Waals surface area (Å²) in [5, 5.41) is 29.8. The maximum Gasteiger partial charge on any atom is 0.305 e. The van der Waals surface area contributed by atoms with Gasteiger partial charge < -0.3 is 31.5 Å². The normalized spacial score (nSPS) is 16.2. The third-order valence-electron chi connectivity index (χ3n) is 4.68. The highest BCUT2D eigenvalue weighted by Gasteiger charge is 2.18. The largest absolute Gasteiger partial charge is 0.481 e. The fourth-order valence-electron chi connectivity index (χ4n) is 3.11. The fourth-order valence-corrected chi connectivity index (χ4v) is 3.11. The Morgan fingerprint density at radius 1 is 1.12 bits per heavy atom. The molecule has 168 valence electrons. The molecule has 1 aliphatic rings. The second-order valence-electron chi connectivity index (χ2n) is 7.24. The summed E-state index contributed by atoms with van der Waals surface area (Å²) in [6.45, 7) is 0.370. The molecular weight excluding hydrogens is 414 g/mol. The number of hydrogen-bond donors (Lipinski definition) is 6. The van der Waals surface area contributed by atoms with Gasteiger partial charge in [-0.3, -0.25) is 19.4 Å². The number of hydrogen-bond acceptors (Lipinski definition) is 7. The molecule has 0 bridgehead atoms. The van der Waals surface area contributed by atoms with Crippen LogP contribution in [0, 0.1) is 0 Å². The predicted octanol–water partition coefficient (Wildman–Crippen LogP) is 0.481. The minimum atomic E-state index is -1.04. The van der Waals surface area contributed by atoms with Gasteiger partial charge >= 0.3 is 5.97 Å². The highest BCUT2D eigenvalue weighted by molar-refractivity contribution is 5.99. The molecule has 3 rings (SSSR count). The number of nitrogens with one attached hydrogen (secondary N) is 4. The molecule has 32 heavy (non-hydrogen) atoms. The minimum Gasteiger partial charge on any atom is -0.481 e. The number of carboxylic acids is 1. The van der Waals surface area contributed by atoms with Gasteiger partial charge in [0, 0.05) is 17.8 Å². The van der Waals surface area contributed by atoms with Gasteiger partial charge in [-0.25, -0.2) is 0 Å². The van der Waals surface area contributed by atoms with E-state index in [-0.39, 0.29) is 19.5 Å². The smallest absolute Gasteiger partial charge is 0.305 e. The van der Waals surface area contributed by atoms with Crippen molar-refractivity contribution in [3.8, 4) is 0 Å². The average Bonchev–Trinajstić information content (AvgIpc) is 2.79. The van der Waals surface area contributed by atoms with Crippen molar-refractivity contribution in [2.24, 2.45) is 4.99 Å². The Bertz CT molecular complexity index is 995. The van der Waals surface area contributed by atoms with E-state index in [0.717, 1.165) is 0 Å². The number of rotatable bonds is 8. The second-order valence-corrected chi connectivity index (χ2v) is 7.24. The van der Waals surface area contributed by atoms with Gasteiger partial charge in [0.25, 0.3) is 5.91 Å². The van der Waals surface area contributed by atoms with Crippen LogP contribution in [0.4, 0.5) is 5.69 Å². The van der Waals surface area contributed by atoms with Crippen LogP contribution in [0.3, 0.4) is 0 Å². The zero-order valence-electron chi connectivity index (χ0n) is 17.2. The maximum absolute atomic E-state index is 12.5. The highest BCUT2D eigenvalue weighted by Crippen LogP contribution is 2.16. The van der Waals surface area contributed by atoms with Gasteiger partial charge in [0.05, 0.1) is 31.7 Å². The number of carboxylic acid groups (broad SMARTS) is 1. The summed E-state index contributed by atoms with van der Waals surface area (Å²) in [5.74, 6) is -1.49. The van der Waals surface area contributed by atoms with Crippen molar-refractivity contribution in [2.45, 2.75) is 18.6 Å². The molecule has 0 aromatic heterocycles. The Morgan fingerprint density at radius 2 is 1.91 bits per heavy atom. The molecule has 0 radical (unpaired) electrons. The van der Waals surface area contributed by atoms with E-state index in [1.165, 1.54) is 0 Å². The molecule has 10 heteroatoms. The zero-order valence-corrected chi connectivity index (χ0v) is 17.2. The lowest BCUT2D eigenvalue weighted by molar-refractivity contribution is -0.137. The van der Waals surface area contributed by atoms with Gasteiger partial charge in [-0.1, -0.05) is 36.4 Å². The first-order chi connectivity index (χ1) is 15.4. The number of amides is 2. The number of nitrogens with zero attached hydrogens (tertiary/aromatic N) is 1. The first-order valence-corrected chi connectivity index (χ1v) is 10.1.